The lowest BCUT2D eigenvalue weighted by Gasteiger charge is -2.32. The number of amides is 2. The molecule has 1 unspecified atom stereocenters. The van der Waals surface area contributed by atoms with Gasteiger partial charge < -0.3 is 15.0 Å². The number of carbonyl (C=O) groups excluding carboxylic acids is 1. The number of urea groups is 1. The second-order valence-corrected chi connectivity index (χ2v) is 9.06. The zero-order valence-electron chi connectivity index (χ0n) is 19.1. The Morgan fingerprint density at radius 3 is 2.58 bits per heavy atom. The summed E-state index contributed by atoms with van der Waals surface area (Å²) in [6.07, 6.45) is 0. The van der Waals surface area contributed by atoms with Crippen molar-refractivity contribution in [1.82, 2.24) is 14.5 Å². The van der Waals surface area contributed by atoms with Crippen LogP contribution in [-0.4, -0.2) is 40.7 Å². The molecule has 0 aliphatic heterocycles. The van der Waals surface area contributed by atoms with Crippen LogP contribution in [0.15, 0.2) is 47.3 Å². The summed E-state index contributed by atoms with van der Waals surface area (Å²) < 4.78 is 6.81. The monoisotopic (exact) mass is 490 g/mol. The first-order valence-corrected chi connectivity index (χ1v) is 11.5. The van der Waals surface area contributed by atoms with Crippen LogP contribution in [0.25, 0.3) is 10.9 Å². The molecule has 1 aromatic heterocycles. The van der Waals surface area contributed by atoms with Crippen LogP contribution < -0.4 is 10.9 Å². The molecule has 0 fully saturated rings. The molecule has 0 spiro atoms. The SMILES string of the molecule is COCCn1c(C(C)N(CC(C)C)C(=O)Nc2ccc(Cl)cc2Cl)nc2ccccc2c1=O. The highest BCUT2D eigenvalue weighted by Gasteiger charge is 2.27. The Morgan fingerprint density at radius 2 is 1.91 bits per heavy atom. The van der Waals surface area contributed by atoms with Gasteiger partial charge in [0, 0.05) is 18.7 Å². The van der Waals surface area contributed by atoms with Crippen molar-refractivity contribution in [2.75, 3.05) is 25.6 Å². The fraction of sp³-hybridized carbons (Fsp3) is 0.375. The van der Waals surface area contributed by atoms with Crippen molar-refractivity contribution < 1.29 is 9.53 Å². The van der Waals surface area contributed by atoms with Crippen molar-refractivity contribution in [1.29, 1.82) is 0 Å². The lowest BCUT2D eigenvalue weighted by Crippen LogP contribution is -2.42. The van der Waals surface area contributed by atoms with E-state index in [1.54, 1.807) is 46.9 Å². The average molecular weight is 491 g/mol. The van der Waals surface area contributed by atoms with E-state index >= 15 is 0 Å². The highest BCUT2D eigenvalue weighted by Crippen LogP contribution is 2.27. The van der Waals surface area contributed by atoms with Crippen molar-refractivity contribution in [3.63, 3.8) is 0 Å². The van der Waals surface area contributed by atoms with E-state index < -0.39 is 6.04 Å². The number of nitrogens with zero attached hydrogens (tertiary/aromatic N) is 3. The molecule has 1 heterocycles. The van der Waals surface area contributed by atoms with Crippen molar-refractivity contribution in [3.8, 4) is 0 Å². The highest BCUT2D eigenvalue weighted by atomic mass is 35.5. The number of methoxy groups -OCH3 is 1. The van der Waals surface area contributed by atoms with Crippen LogP contribution in [-0.2, 0) is 11.3 Å². The molecule has 0 bridgehead atoms. The molecule has 1 N–H and O–H groups in total. The summed E-state index contributed by atoms with van der Waals surface area (Å²) in [5.41, 5.74) is 0.879. The quantitative estimate of drug-likeness (QED) is 0.445. The molecule has 3 aromatic rings. The number of hydrogen-bond donors (Lipinski definition) is 1. The largest absolute Gasteiger partial charge is 0.383 e. The lowest BCUT2D eigenvalue weighted by molar-refractivity contribution is 0.169. The summed E-state index contributed by atoms with van der Waals surface area (Å²) in [6.45, 7) is 7.03. The Labute approximate surface area is 203 Å². The van der Waals surface area contributed by atoms with Gasteiger partial charge in [-0.1, -0.05) is 49.2 Å². The molecule has 0 aliphatic rings. The van der Waals surface area contributed by atoms with E-state index in [1.165, 1.54) is 0 Å². The summed E-state index contributed by atoms with van der Waals surface area (Å²) in [6, 6.07) is 11.2. The second kappa shape index (κ2) is 11.0. The summed E-state index contributed by atoms with van der Waals surface area (Å²) in [5, 5.41) is 4.21. The molecular weight excluding hydrogens is 463 g/mol. The zero-order chi connectivity index (χ0) is 24.1. The molecule has 176 valence electrons. The van der Waals surface area contributed by atoms with Gasteiger partial charge in [0.15, 0.2) is 0 Å². The van der Waals surface area contributed by atoms with Gasteiger partial charge in [-0.3, -0.25) is 9.36 Å². The Morgan fingerprint density at radius 1 is 1.18 bits per heavy atom. The highest BCUT2D eigenvalue weighted by molar-refractivity contribution is 6.36. The van der Waals surface area contributed by atoms with Crippen molar-refractivity contribution in [2.45, 2.75) is 33.4 Å². The van der Waals surface area contributed by atoms with Gasteiger partial charge in [0.1, 0.15) is 5.82 Å². The van der Waals surface area contributed by atoms with E-state index in [9.17, 15) is 9.59 Å². The van der Waals surface area contributed by atoms with E-state index in [2.05, 4.69) is 5.32 Å². The molecular formula is C24H28Cl2N4O3. The number of halogens is 2. The van der Waals surface area contributed by atoms with Crippen molar-refractivity contribution >= 4 is 45.8 Å². The molecule has 2 amide bonds. The van der Waals surface area contributed by atoms with Gasteiger partial charge in [0.2, 0.25) is 0 Å². The Hall–Kier alpha value is -2.61. The van der Waals surface area contributed by atoms with Crippen LogP contribution >= 0.6 is 23.2 Å². The van der Waals surface area contributed by atoms with Gasteiger partial charge in [-0.15, -0.1) is 0 Å². The fourth-order valence-electron chi connectivity index (χ4n) is 3.63. The number of aromatic nitrogens is 2. The number of para-hydroxylation sites is 1. The number of rotatable bonds is 8. The van der Waals surface area contributed by atoms with Crippen molar-refractivity contribution in [3.05, 3.63) is 68.7 Å². The Kier molecular flexibility index (Phi) is 8.35. The fourth-order valence-corrected chi connectivity index (χ4v) is 4.09. The molecule has 1 atom stereocenters. The molecule has 2 aromatic carbocycles. The van der Waals surface area contributed by atoms with Gasteiger partial charge in [-0.05, 0) is 43.2 Å². The van der Waals surface area contributed by atoms with Crippen LogP contribution in [0.3, 0.4) is 0 Å². The maximum atomic E-state index is 13.4. The number of anilines is 1. The normalized spacial score (nSPS) is 12.2. The van der Waals surface area contributed by atoms with Crippen LogP contribution in [0.2, 0.25) is 10.0 Å². The molecule has 0 saturated heterocycles. The minimum Gasteiger partial charge on any atom is -0.383 e. The van der Waals surface area contributed by atoms with Gasteiger partial charge in [0.05, 0.1) is 40.8 Å². The summed E-state index contributed by atoms with van der Waals surface area (Å²) >= 11 is 12.2. The molecule has 0 saturated carbocycles. The third-order valence-electron chi connectivity index (χ3n) is 5.25. The molecule has 7 nitrogen and oxygen atoms in total. The van der Waals surface area contributed by atoms with E-state index in [1.807, 2.05) is 32.9 Å². The molecule has 0 radical (unpaired) electrons. The van der Waals surface area contributed by atoms with Crippen molar-refractivity contribution in [2.24, 2.45) is 5.92 Å². The number of nitrogens with one attached hydrogen (secondary N) is 1. The smallest absolute Gasteiger partial charge is 0.322 e. The summed E-state index contributed by atoms with van der Waals surface area (Å²) in [4.78, 5) is 33.1. The van der Waals surface area contributed by atoms with E-state index in [0.29, 0.717) is 52.2 Å². The molecule has 9 heteroatoms. The standard InChI is InChI=1S/C24H28Cl2N4O3/c1-15(2)14-30(24(32)28-21-10-9-17(25)13-19(21)26)16(3)22-27-20-8-6-5-7-18(20)23(31)29(22)11-12-33-4/h5-10,13,15-16H,11-12,14H2,1-4H3,(H,28,32). The molecule has 3 rings (SSSR count). The van der Waals surface area contributed by atoms with Gasteiger partial charge in [0.25, 0.3) is 5.56 Å². The van der Waals surface area contributed by atoms with Crippen LogP contribution in [0.1, 0.15) is 32.6 Å². The van der Waals surface area contributed by atoms with Crippen LogP contribution in [0, 0.1) is 5.92 Å². The third kappa shape index (κ3) is 5.85. The third-order valence-corrected chi connectivity index (χ3v) is 5.79. The predicted molar refractivity (Wildman–Crippen MR) is 133 cm³/mol. The zero-order valence-corrected chi connectivity index (χ0v) is 20.7. The number of hydrogen-bond acceptors (Lipinski definition) is 4. The van der Waals surface area contributed by atoms with Gasteiger partial charge in [-0.25, -0.2) is 9.78 Å². The molecule has 0 aliphatic carbocycles. The van der Waals surface area contributed by atoms with Gasteiger partial charge in [-0.2, -0.15) is 0 Å². The lowest BCUT2D eigenvalue weighted by atomic mass is 10.1. The minimum atomic E-state index is -0.493. The van der Waals surface area contributed by atoms with Crippen LogP contribution in [0.5, 0.6) is 0 Å². The Bertz CT molecular complexity index is 1200. The number of ether oxygens (including phenoxy) is 1. The van der Waals surface area contributed by atoms with E-state index in [-0.39, 0.29) is 17.5 Å². The summed E-state index contributed by atoms with van der Waals surface area (Å²) in [7, 11) is 1.58. The van der Waals surface area contributed by atoms with Crippen LogP contribution in [0.4, 0.5) is 10.5 Å². The second-order valence-electron chi connectivity index (χ2n) is 8.21. The number of carbonyl (C=O) groups is 1. The first-order chi connectivity index (χ1) is 15.7. The average Bonchev–Trinajstić information content (AvgIpc) is 2.78. The predicted octanol–water partition coefficient (Wildman–Crippen LogP) is 5.60. The minimum absolute atomic E-state index is 0.162. The first kappa shape index (κ1) is 25.0. The molecule has 33 heavy (non-hydrogen) atoms. The number of fused-ring (bicyclic) bond motifs is 1. The maximum absolute atomic E-state index is 13.4. The van der Waals surface area contributed by atoms with Gasteiger partial charge >= 0.3 is 6.03 Å². The maximum Gasteiger partial charge on any atom is 0.322 e. The number of benzene rings is 2. The van der Waals surface area contributed by atoms with E-state index in [4.69, 9.17) is 32.9 Å². The van der Waals surface area contributed by atoms with E-state index in [0.717, 1.165) is 0 Å². The summed E-state index contributed by atoms with van der Waals surface area (Å²) in [5.74, 6) is 0.673. The first-order valence-electron chi connectivity index (χ1n) is 10.7. The Balaban J connectivity index is 2.04. The topological polar surface area (TPSA) is 76.5 Å².